The number of amides is 1. The molecular formula is C12H22N2O3. The number of aliphatic carboxylic acids is 1. The molecule has 1 aliphatic rings. The van der Waals surface area contributed by atoms with Gasteiger partial charge in [0, 0.05) is 13.0 Å². The molecule has 1 amide bonds. The van der Waals surface area contributed by atoms with Crippen LogP contribution in [-0.2, 0) is 9.59 Å². The number of rotatable bonds is 7. The molecule has 0 aromatic carbocycles. The second kappa shape index (κ2) is 6.00. The Balaban J connectivity index is 2.26. The van der Waals surface area contributed by atoms with Gasteiger partial charge in [-0.15, -0.1) is 0 Å². The van der Waals surface area contributed by atoms with E-state index in [0.29, 0.717) is 6.54 Å². The van der Waals surface area contributed by atoms with E-state index in [1.54, 1.807) is 0 Å². The lowest BCUT2D eigenvalue weighted by molar-refractivity contribution is -0.137. The molecular weight excluding hydrogens is 220 g/mol. The van der Waals surface area contributed by atoms with Crippen molar-refractivity contribution in [2.75, 3.05) is 6.54 Å². The van der Waals surface area contributed by atoms with Crippen LogP contribution in [0.4, 0.5) is 0 Å². The molecule has 0 aliphatic heterocycles. The van der Waals surface area contributed by atoms with Crippen molar-refractivity contribution in [3.8, 4) is 0 Å². The molecule has 98 valence electrons. The summed E-state index contributed by atoms with van der Waals surface area (Å²) >= 11 is 0. The largest absolute Gasteiger partial charge is 0.481 e. The van der Waals surface area contributed by atoms with Gasteiger partial charge in [-0.2, -0.15) is 0 Å². The Hall–Kier alpha value is -1.10. The van der Waals surface area contributed by atoms with Crippen LogP contribution in [0.5, 0.6) is 0 Å². The van der Waals surface area contributed by atoms with Crippen molar-refractivity contribution in [3.63, 3.8) is 0 Å². The lowest BCUT2D eigenvalue weighted by atomic mass is 9.67. The molecule has 0 saturated heterocycles. The number of carboxylic acids is 1. The number of nitrogens with two attached hydrogens (primary N) is 1. The van der Waals surface area contributed by atoms with Gasteiger partial charge in [0.15, 0.2) is 0 Å². The van der Waals surface area contributed by atoms with Gasteiger partial charge in [0.05, 0.1) is 6.04 Å². The molecule has 1 unspecified atom stereocenters. The second-order valence-electron chi connectivity index (χ2n) is 4.96. The van der Waals surface area contributed by atoms with Gasteiger partial charge in [0.1, 0.15) is 0 Å². The highest BCUT2D eigenvalue weighted by molar-refractivity contribution is 5.82. The quantitative estimate of drug-likeness (QED) is 0.617. The fourth-order valence-electron chi connectivity index (χ4n) is 2.15. The summed E-state index contributed by atoms with van der Waals surface area (Å²) in [7, 11) is 0. The van der Waals surface area contributed by atoms with Crippen molar-refractivity contribution < 1.29 is 14.7 Å². The number of carbonyl (C=O) groups is 2. The van der Waals surface area contributed by atoms with Crippen LogP contribution >= 0.6 is 0 Å². The maximum absolute atomic E-state index is 11.6. The molecule has 1 atom stereocenters. The van der Waals surface area contributed by atoms with Gasteiger partial charge in [0.2, 0.25) is 5.91 Å². The maximum atomic E-state index is 11.6. The van der Waals surface area contributed by atoms with E-state index in [9.17, 15) is 9.59 Å². The summed E-state index contributed by atoms with van der Waals surface area (Å²) in [5, 5.41) is 11.3. The first kappa shape index (κ1) is 14.0. The van der Waals surface area contributed by atoms with E-state index >= 15 is 0 Å². The zero-order chi connectivity index (χ0) is 12.9. The van der Waals surface area contributed by atoms with Crippen molar-refractivity contribution in [2.24, 2.45) is 11.1 Å². The van der Waals surface area contributed by atoms with Crippen molar-refractivity contribution >= 4 is 11.9 Å². The Morgan fingerprint density at radius 2 is 2.12 bits per heavy atom. The lowest BCUT2D eigenvalue weighted by Crippen LogP contribution is -2.47. The SMILES string of the molecule is CCC1(CNC(=O)C(N)CCC(=O)O)CCC1. The molecule has 1 saturated carbocycles. The van der Waals surface area contributed by atoms with E-state index in [4.69, 9.17) is 10.8 Å². The molecule has 5 heteroatoms. The third-order valence-electron chi connectivity index (χ3n) is 3.81. The predicted molar refractivity (Wildman–Crippen MR) is 64.4 cm³/mol. The van der Waals surface area contributed by atoms with E-state index in [1.165, 1.54) is 6.42 Å². The number of carboxylic acid groups (broad SMARTS) is 1. The van der Waals surface area contributed by atoms with Gasteiger partial charge >= 0.3 is 5.97 Å². The standard InChI is InChI=1S/C12H22N2O3/c1-2-12(6-3-7-12)8-14-11(17)9(13)4-5-10(15)16/h9H,2-8,13H2,1H3,(H,14,17)(H,15,16). The highest BCUT2D eigenvalue weighted by Crippen LogP contribution is 2.42. The van der Waals surface area contributed by atoms with Crippen LogP contribution in [0.2, 0.25) is 0 Å². The first-order chi connectivity index (χ1) is 7.99. The molecule has 0 bridgehead atoms. The lowest BCUT2D eigenvalue weighted by Gasteiger charge is -2.41. The van der Waals surface area contributed by atoms with E-state index in [2.05, 4.69) is 12.2 Å². The molecule has 1 fully saturated rings. The summed E-state index contributed by atoms with van der Waals surface area (Å²) in [6, 6.07) is -0.708. The average Bonchev–Trinajstić information content (AvgIpc) is 2.24. The molecule has 0 spiro atoms. The average molecular weight is 242 g/mol. The van der Waals surface area contributed by atoms with E-state index < -0.39 is 12.0 Å². The van der Waals surface area contributed by atoms with Gasteiger partial charge in [0.25, 0.3) is 0 Å². The van der Waals surface area contributed by atoms with Crippen LogP contribution in [0.3, 0.4) is 0 Å². The third kappa shape index (κ3) is 4.00. The fourth-order valence-corrected chi connectivity index (χ4v) is 2.15. The van der Waals surface area contributed by atoms with E-state index in [1.807, 2.05) is 0 Å². The maximum Gasteiger partial charge on any atom is 0.303 e. The Labute approximate surface area is 102 Å². The van der Waals surface area contributed by atoms with Crippen molar-refractivity contribution in [3.05, 3.63) is 0 Å². The number of nitrogens with one attached hydrogen (secondary N) is 1. The zero-order valence-corrected chi connectivity index (χ0v) is 10.4. The summed E-state index contributed by atoms with van der Waals surface area (Å²) in [6.07, 6.45) is 4.75. The molecule has 0 radical (unpaired) electrons. The summed E-state index contributed by atoms with van der Waals surface area (Å²) in [5.74, 6) is -1.15. The van der Waals surface area contributed by atoms with Crippen LogP contribution in [0.1, 0.15) is 45.4 Å². The van der Waals surface area contributed by atoms with Crippen molar-refractivity contribution in [1.82, 2.24) is 5.32 Å². The highest BCUT2D eigenvalue weighted by Gasteiger charge is 2.35. The monoisotopic (exact) mass is 242 g/mol. The molecule has 0 aromatic rings. The van der Waals surface area contributed by atoms with Crippen LogP contribution in [0.25, 0.3) is 0 Å². The number of carbonyl (C=O) groups excluding carboxylic acids is 1. The first-order valence-corrected chi connectivity index (χ1v) is 6.24. The third-order valence-corrected chi connectivity index (χ3v) is 3.81. The van der Waals surface area contributed by atoms with Gasteiger partial charge in [-0.25, -0.2) is 0 Å². The van der Waals surface area contributed by atoms with Crippen molar-refractivity contribution in [2.45, 2.75) is 51.5 Å². The first-order valence-electron chi connectivity index (χ1n) is 6.24. The molecule has 1 aliphatic carbocycles. The van der Waals surface area contributed by atoms with E-state index in [0.717, 1.165) is 19.3 Å². The Morgan fingerprint density at radius 1 is 1.47 bits per heavy atom. The Bertz CT molecular complexity index is 282. The van der Waals surface area contributed by atoms with Gasteiger partial charge in [-0.3, -0.25) is 9.59 Å². The van der Waals surface area contributed by atoms with Gasteiger partial charge in [-0.1, -0.05) is 13.3 Å². The number of hydrogen-bond acceptors (Lipinski definition) is 3. The van der Waals surface area contributed by atoms with Gasteiger partial charge < -0.3 is 16.2 Å². The summed E-state index contributed by atoms with van der Waals surface area (Å²) in [6.45, 7) is 2.80. The zero-order valence-electron chi connectivity index (χ0n) is 10.4. The minimum atomic E-state index is -0.919. The summed E-state index contributed by atoms with van der Waals surface area (Å²) in [4.78, 5) is 22.0. The summed E-state index contributed by atoms with van der Waals surface area (Å²) < 4.78 is 0. The minimum absolute atomic E-state index is 0.0620. The molecule has 5 nitrogen and oxygen atoms in total. The minimum Gasteiger partial charge on any atom is -0.481 e. The normalized spacial score (nSPS) is 19.2. The molecule has 0 heterocycles. The smallest absolute Gasteiger partial charge is 0.303 e. The van der Waals surface area contributed by atoms with Crippen molar-refractivity contribution in [1.29, 1.82) is 0 Å². The summed E-state index contributed by atoms with van der Waals surface area (Å²) in [5.41, 5.74) is 5.89. The van der Waals surface area contributed by atoms with Crippen LogP contribution in [-0.4, -0.2) is 29.6 Å². The Kier molecular flexibility index (Phi) is 4.93. The predicted octanol–water partition coefficient (Wildman–Crippen LogP) is 0.875. The van der Waals surface area contributed by atoms with Crippen LogP contribution in [0, 0.1) is 5.41 Å². The molecule has 4 N–H and O–H groups in total. The molecule has 0 aromatic heterocycles. The van der Waals surface area contributed by atoms with Gasteiger partial charge in [-0.05, 0) is 31.1 Å². The topological polar surface area (TPSA) is 92.4 Å². The fraction of sp³-hybridized carbons (Fsp3) is 0.833. The Morgan fingerprint density at radius 3 is 2.53 bits per heavy atom. The second-order valence-corrected chi connectivity index (χ2v) is 4.96. The highest BCUT2D eigenvalue weighted by atomic mass is 16.4. The van der Waals surface area contributed by atoms with Crippen LogP contribution < -0.4 is 11.1 Å². The number of hydrogen-bond donors (Lipinski definition) is 3. The van der Waals surface area contributed by atoms with Crippen LogP contribution in [0.15, 0.2) is 0 Å². The molecule has 1 rings (SSSR count). The van der Waals surface area contributed by atoms with E-state index in [-0.39, 0.29) is 24.2 Å². The molecule has 17 heavy (non-hydrogen) atoms.